The molecule has 4 rings (SSSR count). The topological polar surface area (TPSA) is 61.1 Å². The van der Waals surface area contributed by atoms with Gasteiger partial charge >= 0.3 is 0 Å². The minimum absolute atomic E-state index is 0.269. The highest BCUT2D eigenvalue weighted by Gasteiger charge is 2.11. The maximum atomic E-state index is 9.51. The lowest BCUT2D eigenvalue weighted by Gasteiger charge is -2.04. The predicted octanol–water partition coefficient (Wildman–Crippen LogP) is 6.13. The summed E-state index contributed by atoms with van der Waals surface area (Å²) in [5.74, 6) is 0. The molecule has 5 heteroatoms. The molecule has 0 aliphatic carbocycles. The summed E-state index contributed by atoms with van der Waals surface area (Å²) in [6, 6.07) is 28.5. The third-order valence-electron chi connectivity index (χ3n) is 4.53. The second-order valence-electron chi connectivity index (χ2n) is 6.48. The first-order chi connectivity index (χ1) is 14.2. The lowest BCUT2D eigenvalue weighted by Crippen LogP contribution is -2.02. The van der Waals surface area contributed by atoms with Crippen molar-refractivity contribution in [3.8, 4) is 28.5 Å². The highest BCUT2D eigenvalue weighted by molar-refractivity contribution is 7.12. The van der Waals surface area contributed by atoms with Gasteiger partial charge in [0.05, 0.1) is 11.4 Å². The van der Waals surface area contributed by atoms with Crippen molar-refractivity contribution < 1.29 is 0 Å². The number of thiazole rings is 1. The average molecular weight is 395 g/mol. The number of hydrogen-bond acceptors (Lipinski definition) is 5. The molecule has 0 saturated carbocycles. The Morgan fingerprint density at radius 2 is 1.55 bits per heavy atom. The van der Waals surface area contributed by atoms with E-state index in [1.165, 1.54) is 16.9 Å². The Hall–Kier alpha value is -3.75. The Balaban J connectivity index is 1.55. The Morgan fingerprint density at radius 3 is 2.28 bits per heavy atom. The molecule has 0 aliphatic rings. The highest BCUT2D eigenvalue weighted by Crippen LogP contribution is 2.26. The molecule has 1 heterocycles. The van der Waals surface area contributed by atoms with E-state index >= 15 is 0 Å². The van der Waals surface area contributed by atoms with Crippen LogP contribution in [0.25, 0.3) is 22.4 Å². The van der Waals surface area contributed by atoms with Gasteiger partial charge in [-0.15, -0.1) is 11.3 Å². The number of aryl methyl sites for hydroxylation is 1. The molecular formula is C24H18N4S. The Kier molecular flexibility index (Phi) is 5.46. The third-order valence-corrected chi connectivity index (χ3v) is 5.38. The molecule has 1 aromatic heterocycles. The average Bonchev–Trinajstić information content (AvgIpc) is 3.26. The molecule has 0 spiro atoms. The number of hydrogen-bond donors (Lipinski definition) is 1. The van der Waals surface area contributed by atoms with Crippen LogP contribution in [0, 0.1) is 18.3 Å². The van der Waals surface area contributed by atoms with Gasteiger partial charge in [0.2, 0.25) is 0 Å². The Morgan fingerprint density at radius 1 is 0.897 bits per heavy atom. The molecule has 4 aromatic rings. The minimum atomic E-state index is 0.269. The normalized spacial score (nSPS) is 11.1. The summed E-state index contributed by atoms with van der Waals surface area (Å²) in [6.07, 6.45) is 0. The van der Waals surface area contributed by atoms with Crippen molar-refractivity contribution in [2.45, 2.75) is 6.92 Å². The first kappa shape index (κ1) is 18.6. The van der Waals surface area contributed by atoms with E-state index in [-0.39, 0.29) is 5.71 Å². The number of rotatable bonds is 5. The van der Waals surface area contributed by atoms with Gasteiger partial charge in [0.15, 0.2) is 10.7 Å². The molecule has 0 radical (unpaired) electrons. The van der Waals surface area contributed by atoms with Gasteiger partial charge in [-0.1, -0.05) is 72.8 Å². The number of hydrazone groups is 1. The van der Waals surface area contributed by atoms with E-state index < -0.39 is 0 Å². The fourth-order valence-electron chi connectivity index (χ4n) is 2.91. The van der Waals surface area contributed by atoms with Gasteiger partial charge in [0, 0.05) is 10.9 Å². The van der Waals surface area contributed by atoms with Gasteiger partial charge in [0.25, 0.3) is 0 Å². The minimum Gasteiger partial charge on any atom is -0.277 e. The van der Waals surface area contributed by atoms with E-state index in [0.29, 0.717) is 5.01 Å². The number of nitrogens with zero attached hydrogens (tertiary/aromatic N) is 3. The lowest BCUT2D eigenvalue weighted by atomic mass is 10.0. The van der Waals surface area contributed by atoms with Crippen LogP contribution in [-0.4, -0.2) is 10.7 Å². The molecule has 0 amide bonds. The van der Waals surface area contributed by atoms with Crippen molar-refractivity contribution in [2.75, 3.05) is 5.43 Å². The van der Waals surface area contributed by atoms with Crippen molar-refractivity contribution in [3.05, 3.63) is 94.8 Å². The monoisotopic (exact) mass is 394 g/mol. The summed E-state index contributed by atoms with van der Waals surface area (Å²) in [5, 5.41) is 16.3. The molecule has 0 fully saturated rings. The maximum Gasteiger partial charge on any atom is 0.196 e. The number of nitriles is 1. The van der Waals surface area contributed by atoms with E-state index in [1.54, 1.807) is 0 Å². The SMILES string of the molecule is Cc1ccccc1N/N=C(\C#N)c1nc(-c2ccc(-c3ccccc3)cc2)cs1. The van der Waals surface area contributed by atoms with Crippen LogP contribution in [0.2, 0.25) is 0 Å². The zero-order valence-electron chi connectivity index (χ0n) is 15.8. The number of nitrogens with one attached hydrogen (secondary N) is 1. The summed E-state index contributed by atoms with van der Waals surface area (Å²) < 4.78 is 0. The van der Waals surface area contributed by atoms with Gasteiger partial charge in [-0.3, -0.25) is 5.43 Å². The van der Waals surface area contributed by atoms with Gasteiger partial charge in [-0.05, 0) is 29.7 Å². The van der Waals surface area contributed by atoms with E-state index in [0.717, 1.165) is 28.1 Å². The maximum absolute atomic E-state index is 9.51. The molecule has 0 bridgehead atoms. The quantitative estimate of drug-likeness (QED) is 0.327. The summed E-state index contributed by atoms with van der Waals surface area (Å²) >= 11 is 1.41. The molecule has 3 aromatic carbocycles. The van der Waals surface area contributed by atoms with Crippen molar-refractivity contribution in [1.29, 1.82) is 5.26 Å². The Labute approximate surface area is 173 Å². The van der Waals surface area contributed by atoms with Crippen molar-refractivity contribution in [3.63, 3.8) is 0 Å². The van der Waals surface area contributed by atoms with Crippen LogP contribution >= 0.6 is 11.3 Å². The molecule has 0 unspecified atom stereocenters. The summed E-state index contributed by atoms with van der Waals surface area (Å²) in [5.41, 5.74) is 9.35. The largest absolute Gasteiger partial charge is 0.277 e. The first-order valence-electron chi connectivity index (χ1n) is 9.16. The molecular weight excluding hydrogens is 376 g/mol. The fraction of sp³-hybridized carbons (Fsp3) is 0.0417. The van der Waals surface area contributed by atoms with Crippen LogP contribution in [-0.2, 0) is 0 Å². The lowest BCUT2D eigenvalue weighted by molar-refractivity contribution is 1.28. The molecule has 1 N–H and O–H groups in total. The molecule has 0 atom stereocenters. The number of aromatic nitrogens is 1. The summed E-state index contributed by atoms with van der Waals surface area (Å²) in [7, 11) is 0. The van der Waals surface area contributed by atoms with Crippen molar-refractivity contribution in [1.82, 2.24) is 4.98 Å². The van der Waals surface area contributed by atoms with Gasteiger partial charge in [-0.25, -0.2) is 4.98 Å². The van der Waals surface area contributed by atoms with Crippen LogP contribution in [0.4, 0.5) is 5.69 Å². The van der Waals surface area contributed by atoms with E-state index in [4.69, 9.17) is 0 Å². The molecule has 29 heavy (non-hydrogen) atoms. The number of benzene rings is 3. The van der Waals surface area contributed by atoms with E-state index in [9.17, 15) is 5.26 Å². The van der Waals surface area contributed by atoms with Crippen LogP contribution < -0.4 is 5.43 Å². The summed E-state index contributed by atoms with van der Waals surface area (Å²) in [4.78, 5) is 4.61. The highest BCUT2D eigenvalue weighted by atomic mass is 32.1. The number of anilines is 1. The standard InChI is InChI=1S/C24H18N4S/c1-17-7-5-6-10-21(17)27-28-22(15-25)24-26-23(16-29-24)20-13-11-19(12-14-20)18-8-3-2-4-9-18/h2-14,16,27H,1H3/b28-22+. The van der Waals surface area contributed by atoms with Gasteiger partial charge in [0.1, 0.15) is 6.07 Å². The first-order valence-corrected chi connectivity index (χ1v) is 10.0. The van der Waals surface area contributed by atoms with Crippen LogP contribution in [0.15, 0.2) is 89.3 Å². The van der Waals surface area contributed by atoms with Crippen LogP contribution in [0.5, 0.6) is 0 Å². The molecule has 140 valence electrons. The van der Waals surface area contributed by atoms with Crippen molar-refractivity contribution >= 4 is 22.7 Å². The van der Waals surface area contributed by atoms with E-state index in [2.05, 4.69) is 58.0 Å². The fourth-order valence-corrected chi connectivity index (χ4v) is 3.68. The van der Waals surface area contributed by atoms with Gasteiger partial charge in [-0.2, -0.15) is 10.4 Å². The van der Waals surface area contributed by atoms with Crippen LogP contribution in [0.3, 0.4) is 0 Å². The smallest absolute Gasteiger partial charge is 0.196 e. The van der Waals surface area contributed by atoms with Gasteiger partial charge < -0.3 is 0 Å². The zero-order chi connectivity index (χ0) is 20.1. The van der Waals surface area contributed by atoms with E-state index in [1.807, 2.05) is 54.8 Å². The zero-order valence-corrected chi connectivity index (χ0v) is 16.6. The van der Waals surface area contributed by atoms with Crippen molar-refractivity contribution in [2.24, 2.45) is 5.10 Å². The molecule has 4 nitrogen and oxygen atoms in total. The summed E-state index contributed by atoms with van der Waals surface area (Å²) in [6.45, 7) is 1.99. The second-order valence-corrected chi connectivity index (χ2v) is 7.34. The second kappa shape index (κ2) is 8.51. The van der Waals surface area contributed by atoms with Crippen LogP contribution in [0.1, 0.15) is 10.6 Å². The third kappa shape index (κ3) is 4.23. The Bertz CT molecular complexity index is 1190. The molecule has 0 saturated heterocycles. The molecule has 0 aliphatic heterocycles. The number of para-hydroxylation sites is 1. The predicted molar refractivity (Wildman–Crippen MR) is 120 cm³/mol.